The van der Waals surface area contributed by atoms with E-state index in [-0.39, 0.29) is 70.3 Å². The van der Waals surface area contributed by atoms with Crippen LogP contribution in [0.4, 0.5) is 0 Å². The second-order valence-corrected chi connectivity index (χ2v) is 0. The van der Waals surface area contributed by atoms with Crippen LogP contribution < -0.4 is 0 Å². The van der Waals surface area contributed by atoms with Crippen LogP contribution in [-0.2, 0) is 0 Å². The molecule has 1 nitrogen and oxygen atoms in total. The number of hydrogen-bond acceptors (Lipinski definition) is 0. The Morgan fingerprint density at radius 3 is 1.00 bits per heavy atom. The summed E-state index contributed by atoms with van der Waals surface area (Å²) in [4.78, 5) is 0. The van der Waals surface area contributed by atoms with Crippen LogP contribution in [-0.4, -0.2) is 70.3 Å². The zero-order chi connectivity index (χ0) is 0. The van der Waals surface area contributed by atoms with Crippen LogP contribution in [0.5, 0.6) is 0 Å². The summed E-state index contributed by atoms with van der Waals surface area (Å²) in [6.45, 7) is 0. The molecule has 0 amide bonds. The minimum absolute atomic E-state index is 0. The van der Waals surface area contributed by atoms with Gasteiger partial charge in [-0.1, -0.05) is 0 Å². The van der Waals surface area contributed by atoms with Gasteiger partial charge in [-0.2, -0.15) is 0 Å². The Morgan fingerprint density at radius 1 is 1.00 bits per heavy atom. The van der Waals surface area contributed by atoms with Gasteiger partial charge in [0.2, 0.25) is 0 Å². The van der Waals surface area contributed by atoms with Gasteiger partial charge in [-0.15, -0.1) is 0 Å². The van der Waals surface area contributed by atoms with Crippen molar-refractivity contribution in [3.05, 3.63) is 0 Å². The zero-order valence-corrected chi connectivity index (χ0v) is 0.500. The maximum atomic E-state index is 0. The fourth-order valence-corrected chi connectivity index (χ4v) is 0. The molecule has 0 aromatic rings. The molecule has 0 aromatic heterocycles. The molecule has 0 bridgehead atoms. The zero-order valence-electron chi connectivity index (χ0n) is 0.500. The molecule has 5 heteroatoms. The molecule has 0 spiro atoms. The van der Waals surface area contributed by atoms with E-state index < -0.39 is 0 Å². The van der Waals surface area contributed by atoms with Crippen LogP contribution in [0.1, 0.15) is 0 Å². The topological polar surface area (TPSA) is 31.5 Å². The van der Waals surface area contributed by atoms with E-state index in [1.54, 1.807) is 0 Å². The monoisotopic (exact) mass is 166 g/mol. The van der Waals surface area contributed by atoms with E-state index in [2.05, 4.69) is 0 Å². The minimum atomic E-state index is 0. The Kier molecular flexibility index (Phi) is 551. The largest absolute Gasteiger partial charge is 0.0149 e. The van der Waals surface area contributed by atoms with Crippen LogP contribution in [0.3, 0.4) is 0 Å². The van der Waals surface area contributed by atoms with Crippen molar-refractivity contribution >= 4 is 64.8 Å². The van der Waals surface area contributed by atoms with Gasteiger partial charge in [0.1, 0.15) is 0 Å². The molecule has 0 atom stereocenters. The van der Waals surface area contributed by atoms with Crippen molar-refractivity contribution in [2.24, 2.45) is 0 Å². The first-order valence-electron chi connectivity index (χ1n) is 0. The fraction of sp³-hybridized carbons (Fsp3) is 0. The van der Waals surface area contributed by atoms with Crippen molar-refractivity contribution in [3.8, 4) is 0 Å². The second-order valence-electron chi connectivity index (χ2n) is 0. The summed E-state index contributed by atoms with van der Waals surface area (Å²) in [6, 6.07) is 0. The summed E-state index contributed by atoms with van der Waals surface area (Å²) >= 11 is 0. The first-order chi connectivity index (χ1) is 0. The van der Waals surface area contributed by atoms with E-state index >= 15 is 0 Å². The van der Waals surface area contributed by atoms with Crippen LogP contribution in [0, 0.1) is 0 Å². The van der Waals surface area contributed by atoms with Gasteiger partial charge in [0.15, 0.2) is 17.4 Å². The standard InChI is InChI=1S/Al.GeH4.Li.H2O.H4Si.4H/h;1H4;;1H2;1H4;;;;. The van der Waals surface area contributed by atoms with Gasteiger partial charge in [-0.3, -0.25) is 0 Å². The SMILES string of the molecule is O.[AlH3].[GeH4].[LiH].[SiH4]. The molecular weight excluding hydrogens is 151 g/mol. The molecule has 0 fully saturated rings. The van der Waals surface area contributed by atoms with Gasteiger partial charge >= 0.3 is 36.5 Å². The molecule has 0 aliphatic heterocycles. The smallest absolute Gasteiger partial charge is 0.0149 e. The number of rotatable bonds is 0. The van der Waals surface area contributed by atoms with Gasteiger partial charge in [-0.25, -0.2) is 0 Å². The van der Waals surface area contributed by atoms with Crippen LogP contribution in [0.15, 0.2) is 0 Å². The van der Waals surface area contributed by atoms with Crippen molar-refractivity contribution < 1.29 is 5.48 Å². The average Bonchev–Trinajstić information content (AvgIpc) is 0. The van der Waals surface area contributed by atoms with Crippen LogP contribution in [0.2, 0.25) is 0 Å². The third-order valence-electron chi connectivity index (χ3n) is 0. The summed E-state index contributed by atoms with van der Waals surface area (Å²) in [7, 11) is 0. The van der Waals surface area contributed by atoms with Gasteiger partial charge < -0.3 is 5.48 Å². The van der Waals surface area contributed by atoms with Crippen molar-refractivity contribution in [1.29, 1.82) is 0 Å². The summed E-state index contributed by atoms with van der Waals surface area (Å²) in [5.74, 6) is 0. The van der Waals surface area contributed by atoms with Gasteiger partial charge in [-0.05, 0) is 11.0 Å². The Labute approximate surface area is 69.9 Å². The first kappa shape index (κ1) is 68.5. The van der Waals surface area contributed by atoms with Crippen LogP contribution in [0.25, 0.3) is 0 Å². The molecule has 0 unspecified atom stereocenters. The minimum Gasteiger partial charge on any atom is -0.0149 e. The molecule has 0 aliphatic rings. The van der Waals surface area contributed by atoms with Gasteiger partial charge in [0.05, 0.1) is 0 Å². The molecular formula is H14AlGeLiOSi. The third kappa shape index (κ3) is 25.3. The fourth-order valence-electron chi connectivity index (χ4n) is 0. The molecule has 2 N–H and O–H groups in total. The van der Waals surface area contributed by atoms with E-state index in [0.29, 0.717) is 0 Å². The summed E-state index contributed by atoms with van der Waals surface area (Å²) in [6.07, 6.45) is 0. The molecule has 5 heavy (non-hydrogen) atoms. The Hall–Kier alpha value is 1.85. The van der Waals surface area contributed by atoms with Crippen molar-refractivity contribution in [2.45, 2.75) is 0 Å². The van der Waals surface area contributed by atoms with Gasteiger partial charge in [0, 0.05) is 0 Å². The molecule has 0 heterocycles. The van der Waals surface area contributed by atoms with E-state index in [1.165, 1.54) is 0 Å². The predicted molar refractivity (Wildman–Crippen MR) is 43.4 cm³/mol. The quantitative estimate of drug-likeness (QED) is 0.320. The maximum absolute atomic E-state index is 0. The van der Waals surface area contributed by atoms with E-state index in [4.69, 9.17) is 0 Å². The van der Waals surface area contributed by atoms with E-state index in [1.807, 2.05) is 0 Å². The van der Waals surface area contributed by atoms with Gasteiger partial charge in [0.25, 0.3) is 0 Å². The molecule has 0 saturated carbocycles. The summed E-state index contributed by atoms with van der Waals surface area (Å²) in [5.41, 5.74) is 0. The Bertz CT molecular complexity index is 11.6. The van der Waals surface area contributed by atoms with E-state index in [9.17, 15) is 0 Å². The Morgan fingerprint density at radius 2 is 1.00 bits per heavy atom. The van der Waals surface area contributed by atoms with Crippen molar-refractivity contribution in [2.75, 3.05) is 0 Å². The first-order valence-corrected chi connectivity index (χ1v) is 0. The molecule has 0 aliphatic carbocycles. The second kappa shape index (κ2) is 40.2. The number of hydrogen-bond donors (Lipinski definition) is 0. The molecule has 0 aromatic carbocycles. The average molecular weight is 165 g/mol. The maximum Gasteiger partial charge on any atom is -0.0149 e. The molecule has 0 rings (SSSR count). The normalized spacial score (nSPS) is 0. The molecule has 32 valence electrons. The van der Waals surface area contributed by atoms with E-state index in [0.717, 1.165) is 0 Å². The summed E-state index contributed by atoms with van der Waals surface area (Å²) in [5, 5.41) is 0. The van der Waals surface area contributed by atoms with Crippen LogP contribution >= 0.6 is 0 Å². The molecule has 0 radical (unpaired) electrons. The predicted octanol–water partition coefficient (Wildman–Crippen LogP) is -5.56. The van der Waals surface area contributed by atoms with Crippen molar-refractivity contribution in [1.82, 2.24) is 0 Å². The van der Waals surface area contributed by atoms with Crippen molar-refractivity contribution in [3.63, 3.8) is 0 Å². The Balaban J connectivity index is 0. The molecule has 0 saturated heterocycles. The summed E-state index contributed by atoms with van der Waals surface area (Å²) < 4.78 is 0. The third-order valence-corrected chi connectivity index (χ3v) is 0.